The highest BCUT2D eigenvalue weighted by Gasteiger charge is 2.22. The zero-order valence-electron chi connectivity index (χ0n) is 10.9. The third-order valence-electron chi connectivity index (χ3n) is 2.57. The molecule has 0 atom stereocenters. The summed E-state index contributed by atoms with van der Waals surface area (Å²) in [7, 11) is -3.17. The lowest BCUT2D eigenvalue weighted by molar-refractivity contribution is 0.447. The van der Waals surface area contributed by atoms with Gasteiger partial charge in [-0.2, -0.15) is 0 Å². The quantitative estimate of drug-likeness (QED) is 0.789. The van der Waals surface area contributed by atoms with Gasteiger partial charge in [0, 0.05) is 25.0 Å². The van der Waals surface area contributed by atoms with Gasteiger partial charge in [-0.05, 0) is 26.7 Å². The van der Waals surface area contributed by atoms with Gasteiger partial charge >= 0.3 is 0 Å². The highest BCUT2D eigenvalue weighted by atomic mass is 32.2. The molecular formula is C11H23N3O2S. The van der Waals surface area contributed by atoms with Crippen molar-refractivity contribution < 1.29 is 8.42 Å². The van der Waals surface area contributed by atoms with Crippen LogP contribution in [0.1, 0.15) is 39.5 Å². The molecule has 17 heavy (non-hydrogen) atoms. The van der Waals surface area contributed by atoms with Gasteiger partial charge in [0.2, 0.25) is 10.0 Å². The molecule has 0 aromatic carbocycles. The van der Waals surface area contributed by atoms with E-state index in [2.05, 4.69) is 15.0 Å². The highest BCUT2D eigenvalue weighted by Crippen LogP contribution is 2.07. The molecule has 0 bridgehead atoms. The van der Waals surface area contributed by atoms with Crippen LogP contribution in [0.15, 0.2) is 4.99 Å². The number of nitrogens with one attached hydrogen (secondary N) is 2. The zero-order chi connectivity index (χ0) is 12.9. The SMILES string of the molecule is CC(C)(CNC1=NCCCCC1)NS(C)(=O)=O. The van der Waals surface area contributed by atoms with Crippen molar-refractivity contribution in [2.75, 3.05) is 19.3 Å². The fourth-order valence-electron chi connectivity index (χ4n) is 1.88. The maximum atomic E-state index is 11.2. The van der Waals surface area contributed by atoms with Gasteiger partial charge in [0.25, 0.3) is 0 Å². The molecule has 0 amide bonds. The van der Waals surface area contributed by atoms with E-state index < -0.39 is 15.6 Å². The first kappa shape index (κ1) is 14.4. The Bertz CT molecular complexity index is 374. The van der Waals surface area contributed by atoms with Gasteiger partial charge in [-0.1, -0.05) is 6.42 Å². The lowest BCUT2D eigenvalue weighted by Crippen LogP contribution is -2.51. The number of sulfonamides is 1. The van der Waals surface area contributed by atoms with Gasteiger partial charge in [-0.15, -0.1) is 0 Å². The maximum absolute atomic E-state index is 11.2. The van der Waals surface area contributed by atoms with Crippen molar-refractivity contribution in [2.24, 2.45) is 4.99 Å². The second-order valence-corrected chi connectivity index (χ2v) is 7.00. The molecule has 100 valence electrons. The first-order valence-corrected chi connectivity index (χ1v) is 7.94. The first-order valence-electron chi connectivity index (χ1n) is 6.05. The molecule has 0 saturated carbocycles. The number of aliphatic imine (C=N–C) groups is 1. The Kier molecular flexibility index (Phi) is 4.94. The first-order chi connectivity index (χ1) is 7.79. The Labute approximate surface area is 104 Å². The summed E-state index contributed by atoms with van der Waals surface area (Å²) in [5.74, 6) is 1.01. The molecule has 6 heteroatoms. The van der Waals surface area contributed by atoms with Crippen LogP contribution in [-0.2, 0) is 10.0 Å². The second kappa shape index (κ2) is 5.82. The van der Waals surface area contributed by atoms with Crippen molar-refractivity contribution in [3.05, 3.63) is 0 Å². The van der Waals surface area contributed by atoms with Crippen LogP contribution < -0.4 is 10.0 Å². The topological polar surface area (TPSA) is 70.6 Å². The molecule has 0 aromatic heterocycles. The normalized spacial score (nSPS) is 18.4. The molecule has 0 radical (unpaired) electrons. The Hall–Kier alpha value is -0.620. The van der Waals surface area contributed by atoms with Gasteiger partial charge < -0.3 is 5.32 Å². The summed E-state index contributed by atoms with van der Waals surface area (Å²) in [4.78, 5) is 4.45. The van der Waals surface area contributed by atoms with Crippen LogP contribution in [0.25, 0.3) is 0 Å². The lowest BCUT2D eigenvalue weighted by atomic mass is 10.1. The lowest BCUT2D eigenvalue weighted by Gasteiger charge is -2.26. The van der Waals surface area contributed by atoms with E-state index in [9.17, 15) is 8.42 Å². The number of amidine groups is 1. The Morgan fingerprint density at radius 2 is 2.00 bits per heavy atom. The summed E-state index contributed by atoms with van der Waals surface area (Å²) in [6, 6.07) is 0. The third-order valence-corrected chi connectivity index (χ3v) is 3.49. The van der Waals surface area contributed by atoms with E-state index >= 15 is 0 Å². The molecule has 0 fully saturated rings. The van der Waals surface area contributed by atoms with Gasteiger partial charge in [-0.3, -0.25) is 4.99 Å². The summed E-state index contributed by atoms with van der Waals surface area (Å²) in [5.41, 5.74) is -0.498. The van der Waals surface area contributed by atoms with E-state index in [1.54, 1.807) is 0 Å². The molecule has 1 aliphatic heterocycles. The minimum Gasteiger partial charge on any atom is -0.372 e. The van der Waals surface area contributed by atoms with Gasteiger partial charge in [0.1, 0.15) is 0 Å². The molecule has 1 heterocycles. The summed E-state index contributed by atoms with van der Waals surface area (Å²) in [5, 5.41) is 3.25. The number of hydrogen-bond acceptors (Lipinski definition) is 4. The fourth-order valence-corrected chi connectivity index (χ4v) is 2.96. The van der Waals surface area contributed by atoms with E-state index in [0.29, 0.717) is 6.54 Å². The Balaban J connectivity index is 2.45. The molecule has 0 unspecified atom stereocenters. The van der Waals surface area contributed by atoms with Crippen LogP contribution in [0.2, 0.25) is 0 Å². The van der Waals surface area contributed by atoms with Crippen LogP contribution in [0.5, 0.6) is 0 Å². The van der Waals surface area contributed by atoms with Crippen molar-refractivity contribution >= 4 is 15.9 Å². The van der Waals surface area contributed by atoms with Gasteiger partial charge in [-0.25, -0.2) is 13.1 Å². The summed E-state index contributed by atoms with van der Waals surface area (Å²) < 4.78 is 25.0. The van der Waals surface area contributed by atoms with Crippen LogP contribution in [0, 0.1) is 0 Å². The van der Waals surface area contributed by atoms with Crippen LogP contribution in [0.4, 0.5) is 0 Å². The second-order valence-electron chi connectivity index (χ2n) is 5.25. The minimum atomic E-state index is -3.17. The minimum absolute atomic E-state index is 0.498. The van der Waals surface area contributed by atoms with E-state index in [0.717, 1.165) is 31.6 Å². The fraction of sp³-hybridized carbons (Fsp3) is 0.909. The summed E-state index contributed by atoms with van der Waals surface area (Å²) in [6.07, 6.45) is 5.68. The highest BCUT2D eigenvalue weighted by molar-refractivity contribution is 7.88. The van der Waals surface area contributed by atoms with Crippen molar-refractivity contribution in [1.82, 2.24) is 10.0 Å². The van der Waals surface area contributed by atoms with Crippen LogP contribution >= 0.6 is 0 Å². The van der Waals surface area contributed by atoms with Crippen molar-refractivity contribution in [3.63, 3.8) is 0 Å². The molecule has 2 N–H and O–H groups in total. The third kappa shape index (κ3) is 6.63. The number of hydrogen-bond donors (Lipinski definition) is 2. The van der Waals surface area contributed by atoms with E-state index in [1.807, 2.05) is 13.8 Å². The number of nitrogens with zero attached hydrogens (tertiary/aromatic N) is 1. The Morgan fingerprint density at radius 1 is 1.29 bits per heavy atom. The average Bonchev–Trinajstić information content (AvgIpc) is 2.38. The van der Waals surface area contributed by atoms with Crippen molar-refractivity contribution in [3.8, 4) is 0 Å². The van der Waals surface area contributed by atoms with Gasteiger partial charge in [0.15, 0.2) is 0 Å². The maximum Gasteiger partial charge on any atom is 0.209 e. The molecule has 0 aliphatic carbocycles. The predicted octanol–water partition coefficient (Wildman–Crippen LogP) is 0.876. The van der Waals surface area contributed by atoms with Gasteiger partial charge in [0.05, 0.1) is 12.1 Å². The summed E-state index contributed by atoms with van der Waals surface area (Å²) in [6.45, 7) is 5.15. The predicted molar refractivity (Wildman–Crippen MR) is 70.8 cm³/mol. The standard InChI is InChI=1S/C11H23N3O2S/c1-11(2,14-17(3,15)16)9-13-10-7-5-4-6-8-12-10/h14H,4-9H2,1-3H3,(H,12,13). The van der Waals surface area contributed by atoms with E-state index in [1.165, 1.54) is 12.7 Å². The van der Waals surface area contributed by atoms with Crippen LogP contribution in [-0.4, -0.2) is 39.1 Å². The molecule has 1 rings (SSSR count). The largest absolute Gasteiger partial charge is 0.372 e. The van der Waals surface area contributed by atoms with E-state index in [-0.39, 0.29) is 0 Å². The Morgan fingerprint density at radius 3 is 2.65 bits per heavy atom. The van der Waals surface area contributed by atoms with Crippen molar-refractivity contribution in [2.45, 2.75) is 45.1 Å². The number of rotatable bonds is 4. The molecule has 1 aliphatic rings. The van der Waals surface area contributed by atoms with Crippen molar-refractivity contribution in [1.29, 1.82) is 0 Å². The molecule has 0 saturated heterocycles. The molecule has 0 aromatic rings. The molecule has 5 nitrogen and oxygen atoms in total. The smallest absolute Gasteiger partial charge is 0.209 e. The average molecular weight is 261 g/mol. The van der Waals surface area contributed by atoms with E-state index in [4.69, 9.17) is 0 Å². The monoisotopic (exact) mass is 261 g/mol. The summed E-state index contributed by atoms with van der Waals surface area (Å²) >= 11 is 0. The molecule has 0 spiro atoms. The molecular weight excluding hydrogens is 238 g/mol. The zero-order valence-corrected chi connectivity index (χ0v) is 11.7. The van der Waals surface area contributed by atoms with Crippen LogP contribution in [0.3, 0.4) is 0 Å².